The van der Waals surface area contributed by atoms with Gasteiger partial charge in [0.1, 0.15) is 13.2 Å². The first kappa shape index (κ1) is 24.1. The summed E-state index contributed by atoms with van der Waals surface area (Å²) in [5.74, 6) is 0. The standard InChI is InChI=1S/C25H25ClN2O5/c26-22-13-7-12-21(14-22)15-23(16-29)28(25(31)33-18-20-10-5-2-6-11-20)27-24(30)32-17-19-8-3-1-4-9-19/h1-14,23,29H,15-18H2,(H,27,30)/t23-/m0/s1. The van der Waals surface area contributed by atoms with Crippen molar-refractivity contribution in [3.63, 3.8) is 0 Å². The summed E-state index contributed by atoms with van der Waals surface area (Å²) in [5, 5.41) is 11.5. The molecule has 1 atom stereocenters. The molecule has 0 unspecified atom stereocenters. The highest BCUT2D eigenvalue weighted by Crippen LogP contribution is 2.15. The first-order valence-corrected chi connectivity index (χ1v) is 10.8. The average molecular weight is 469 g/mol. The molecule has 2 N–H and O–H groups in total. The molecule has 8 heteroatoms. The van der Waals surface area contributed by atoms with Crippen LogP contribution in [0.15, 0.2) is 84.9 Å². The Morgan fingerprint density at radius 2 is 1.42 bits per heavy atom. The molecule has 0 aromatic heterocycles. The number of carbonyl (C=O) groups excluding carboxylic acids is 2. The maximum absolute atomic E-state index is 12.9. The first-order valence-electron chi connectivity index (χ1n) is 10.4. The van der Waals surface area contributed by atoms with Gasteiger partial charge in [0.15, 0.2) is 0 Å². The Balaban J connectivity index is 1.70. The van der Waals surface area contributed by atoms with Crippen LogP contribution in [0, 0.1) is 0 Å². The van der Waals surface area contributed by atoms with Gasteiger partial charge >= 0.3 is 12.2 Å². The fourth-order valence-corrected chi connectivity index (χ4v) is 3.31. The number of benzene rings is 3. The molecule has 0 saturated heterocycles. The predicted molar refractivity (Wildman–Crippen MR) is 124 cm³/mol. The molecule has 0 bridgehead atoms. The number of carbonyl (C=O) groups is 2. The maximum Gasteiger partial charge on any atom is 0.429 e. The third-order valence-electron chi connectivity index (χ3n) is 4.76. The number of amides is 2. The van der Waals surface area contributed by atoms with Crippen LogP contribution >= 0.6 is 11.6 Å². The van der Waals surface area contributed by atoms with E-state index in [4.69, 9.17) is 21.1 Å². The summed E-state index contributed by atoms with van der Waals surface area (Å²) >= 11 is 6.06. The lowest BCUT2D eigenvalue weighted by Gasteiger charge is -2.29. The van der Waals surface area contributed by atoms with Crippen molar-refractivity contribution in [1.82, 2.24) is 10.4 Å². The Kier molecular flexibility index (Phi) is 9.11. The molecule has 7 nitrogen and oxygen atoms in total. The van der Waals surface area contributed by atoms with E-state index in [1.165, 1.54) is 0 Å². The van der Waals surface area contributed by atoms with Gasteiger partial charge in [-0.3, -0.25) is 0 Å². The van der Waals surface area contributed by atoms with Gasteiger partial charge in [-0.05, 0) is 35.2 Å². The quantitative estimate of drug-likeness (QED) is 0.467. The first-order chi connectivity index (χ1) is 16.0. The number of aliphatic hydroxyl groups excluding tert-OH is 1. The Bertz CT molecular complexity index is 1030. The molecule has 3 aromatic rings. The fourth-order valence-electron chi connectivity index (χ4n) is 3.10. The molecule has 172 valence electrons. The second-order valence-corrected chi connectivity index (χ2v) is 7.69. The number of halogens is 1. The van der Waals surface area contributed by atoms with Gasteiger partial charge in [-0.15, -0.1) is 0 Å². The minimum Gasteiger partial charge on any atom is -0.443 e. The van der Waals surface area contributed by atoms with Gasteiger partial charge in [-0.2, -0.15) is 0 Å². The van der Waals surface area contributed by atoms with Crippen LogP contribution in [0.2, 0.25) is 5.02 Å². The van der Waals surface area contributed by atoms with Crippen molar-refractivity contribution >= 4 is 23.8 Å². The summed E-state index contributed by atoms with van der Waals surface area (Å²) in [6.45, 7) is -0.393. The molecular weight excluding hydrogens is 444 g/mol. The molecular formula is C25H25ClN2O5. The highest BCUT2D eigenvalue weighted by atomic mass is 35.5. The van der Waals surface area contributed by atoms with Crippen molar-refractivity contribution in [2.24, 2.45) is 0 Å². The molecule has 3 rings (SSSR count). The largest absolute Gasteiger partial charge is 0.443 e. The van der Waals surface area contributed by atoms with Gasteiger partial charge in [-0.25, -0.2) is 20.0 Å². The van der Waals surface area contributed by atoms with E-state index in [0.717, 1.165) is 21.7 Å². The average Bonchev–Trinajstić information content (AvgIpc) is 2.84. The second kappa shape index (κ2) is 12.5. The highest BCUT2D eigenvalue weighted by molar-refractivity contribution is 6.30. The summed E-state index contributed by atoms with van der Waals surface area (Å²) < 4.78 is 10.6. The maximum atomic E-state index is 12.9. The smallest absolute Gasteiger partial charge is 0.429 e. The van der Waals surface area contributed by atoms with Gasteiger partial charge in [0.05, 0.1) is 12.6 Å². The number of nitrogens with one attached hydrogen (secondary N) is 1. The third-order valence-corrected chi connectivity index (χ3v) is 5.00. The number of hydrogen-bond acceptors (Lipinski definition) is 5. The van der Waals surface area contributed by atoms with E-state index in [1.807, 2.05) is 66.7 Å². The lowest BCUT2D eigenvalue weighted by molar-refractivity contribution is 0.0322. The summed E-state index contributed by atoms with van der Waals surface area (Å²) in [6, 6.07) is 24.5. The van der Waals surface area contributed by atoms with E-state index in [-0.39, 0.29) is 19.6 Å². The second-order valence-electron chi connectivity index (χ2n) is 7.25. The van der Waals surface area contributed by atoms with E-state index < -0.39 is 24.8 Å². The number of ether oxygens (including phenoxy) is 2. The van der Waals surface area contributed by atoms with Gasteiger partial charge in [0, 0.05) is 5.02 Å². The van der Waals surface area contributed by atoms with Crippen LogP contribution in [-0.4, -0.2) is 35.0 Å². The zero-order valence-electron chi connectivity index (χ0n) is 17.9. The molecule has 0 aliphatic heterocycles. The molecule has 0 heterocycles. The normalized spacial score (nSPS) is 11.3. The molecule has 0 saturated carbocycles. The number of hydrogen-bond donors (Lipinski definition) is 2. The Morgan fingerprint density at radius 3 is 2.00 bits per heavy atom. The summed E-state index contributed by atoms with van der Waals surface area (Å²) in [4.78, 5) is 25.3. The van der Waals surface area contributed by atoms with Gasteiger partial charge in [-0.1, -0.05) is 84.4 Å². The molecule has 0 aliphatic carbocycles. The predicted octanol–water partition coefficient (Wildman–Crippen LogP) is 4.72. The van der Waals surface area contributed by atoms with E-state index in [0.29, 0.717) is 5.02 Å². The molecule has 0 fully saturated rings. The highest BCUT2D eigenvalue weighted by Gasteiger charge is 2.28. The number of aliphatic hydroxyl groups is 1. The number of nitrogens with zero attached hydrogens (tertiary/aromatic N) is 1. The van der Waals surface area contributed by atoms with Crippen molar-refractivity contribution in [2.75, 3.05) is 6.61 Å². The van der Waals surface area contributed by atoms with E-state index in [1.54, 1.807) is 18.2 Å². The van der Waals surface area contributed by atoms with Gasteiger partial charge < -0.3 is 14.6 Å². The zero-order chi connectivity index (χ0) is 23.5. The third kappa shape index (κ3) is 7.82. The van der Waals surface area contributed by atoms with Crippen LogP contribution in [0.25, 0.3) is 0 Å². The van der Waals surface area contributed by atoms with Crippen molar-refractivity contribution in [1.29, 1.82) is 0 Å². The fraction of sp³-hybridized carbons (Fsp3) is 0.200. The van der Waals surface area contributed by atoms with Crippen molar-refractivity contribution in [3.05, 3.63) is 107 Å². The Hall–Kier alpha value is -3.55. The van der Waals surface area contributed by atoms with Crippen LogP contribution in [0.4, 0.5) is 9.59 Å². The summed E-state index contributed by atoms with van der Waals surface area (Å²) in [6.07, 6.45) is -1.44. The minimum absolute atomic E-state index is 0.00618. The Labute approximate surface area is 197 Å². The monoisotopic (exact) mass is 468 g/mol. The molecule has 0 aliphatic rings. The van der Waals surface area contributed by atoms with Crippen LogP contribution in [0.1, 0.15) is 16.7 Å². The molecule has 3 aromatic carbocycles. The van der Waals surface area contributed by atoms with Crippen LogP contribution in [0.5, 0.6) is 0 Å². The van der Waals surface area contributed by atoms with E-state index >= 15 is 0 Å². The Morgan fingerprint density at radius 1 is 0.848 bits per heavy atom. The van der Waals surface area contributed by atoms with Crippen molar-refractivity contribution in [3.8, 4) is 0 Å². The SMILES string of the molecule is O=C(NN(C(=O)OCc1ccccc1)[C@H](CO)Cc1cccc(Cl)c1)OCc1ccccc1. The zero-order valence-corrected chi connectivity index (χ0v) is 18.6. The molecule has 33 heavy (non-hydrogen) atoms. The lowest BCUT2D eigenvalue weighted by atomic mass is 10.1. The topological polar surface area (TPSA) is 88.1 Å². The van der Waals surface area contributed by atoms with E-state index in [2.05, 4.69) is 5.43 Å². The van der Waals surface area contributed by atoms with Gasteiger partial charge in [0.2, 0.25) is 0 Å². The lowest BCUT2D eigenvalue weighted by Crippen LogP contribution is -2.54. The summed E-state index contributed by atoms with van der Waals surface area (Å²) in [5.41, 5.74) is 4.77. The van der Waals surface area contributed by atoms with Crippen LogP contribution in [0.3, 0.4) is 0 Å². The molecule has 0 spiro atoms. The number of hydrazine groups is 1. The molecule has 0 radical (unpaired) electrons. The van der Waals surface area contributed by atoms with Crippen molar-refractivity contribution < 1.29 is 24.2 Å². The van der Waals surface area contributed by atoms with Gasteiger partial charge in [0.25, 0.3) is 0 Å². The summed E-state index contributed by atoms with van der Waals surface area (Å²) in [7, 11) is 0. The molecule has 2 amide bonds. The minimum atomic E-state index is -0.847. The number of rotatable bonds is 8. The van der Waals surface area contributed by atoms with E-state index in [9.17, 15) is 14.7 Å². The van der Waals surface area contributed by atoms with Crippen LogP contribution in [-0.2, 0) is 29.1 Å². The van der Waals surface area contributed by atoms with Crippen LogP contribution < -0.4 is 5.43 Å². The van der Waals surface area contributed by atoms with Crippen molar-refractivity contribution in [2.45, 2.75) is 25.7 Å².